The van der Waals surface area contributed by atoms with Crippen molar-refractivity contribution in [2.75, 3.05) is 0 Å². The molecule has 0 aromatic carbocycles. The molecular weight excluding hydrogens is 280 g/mol. The van der Waals surface area contributed by atoms with Gasteiger partial charge in [-0.05, 0) is 48.5 Å². The third kappa shape index (κ3) is 4.57. The number of nitrogens with zero attached hydrogens (tertiary/aromatic N) is 8. The molecule has 2 aromatic heterocycles. The van der Waals surface area contributed by atoms with E-state index in [9.17, 15) is 0 Å². The van der Waals surface area contributed by atoms with Crippen molar-refractivity contribution in [3.63, 3.8) is 0 Å². The number of hydrogen-bond donors (Lipinski definition) is 0. The molecule has 0 amide bonds. The second-order valence-electron chi connectivity index (χ2n) is 6.46. The first-order chi connectivity index (χ1) is 10.3. The van der Waals surface area contributed by atoms with Crippen LogP contribution in [0.3, 0.4) is 0 Å². The van der Waals surface area contributed by atoms with Gasteiger partial charge in [0.05, 0.1) is 12.1 Å². The van der Waals surface area contributed by atoms with Crippen LogP contribution < -0.4 is 0 Å². The van der Waals surface area contributed by atoms with E-state index in [0.29, 0.717) is 23.9 Å². The molecule has 8 heteroatoms. The van der Waals surface area contributed by atoms with Gasteiger partial charge >= 0.3 is 0 Å². The van der Waals surface area contributed by atoms with Crippen LogP contribution >= 0.6 is 0 Å². The van der Waals surface area contributed by atoms with E-state index in [2.05, 4.69) is 86.4 Å². The Bertz CT molecular complexity index is 457. The van der Waals surface area contributed by atoms with Gasteiger partial charge in [0.2, 0.25) is 0 Å². The van der Waals surface area contributed by atoms with Crippen LogP contribution in [0.4, 0.5) is 0 Å². The van der Waals surface area contributed by atoms with Crippen molar-refractivity contribution >= 4 is 0 Å². The smallest absolute Gasteiger partial charge is 0.154 e. The first kappa shape index (κ1) is 18.2. The largest absolute Gasteiger partial charge is 0.227 e. The molecule has 0 atom stereocenters. The minimum absolute atomic E-state index is 0.349. The van der Waals surface area contributed by atoms with Crippen LogP contribution in [0, 0.1) is 0 Å². The van der Waals surface area contributed by atoms with E-state index in [1.807, 2.05) is 9.36 Å². The van der Waals surface area contributed by atoms with E-state index >= 15 is 0 Å². The molecule has 0 aliphatic heterocycles. The molecule has 22 heavy (non-hydrogen) atoms. The molecule has 2 aromatic rings. The average Bonchev–Trinajstić information content (AvgIpc) is 3.08. The van der Waals surface area contributed by atoms with Gasteiger partial charge < -0.3 is 0 Å². The lowest BCUT2D eigenvalue weighted by Crippen LogP contribution is -2.09. The highest BCUT2D eigenvalue weighted by molar-refractivity contribution is 4.90. The summed E-state index contributed by atoms with van der Waals surface area (Å²) in [6.45, 7) is 16.6. The first-order valence-electron chi connectivity index (χ1n) is 7.81. The molecule has 2 rings (SSSR count). The molecule has 0 bridgehead atoms. The minimum atomic E-state index is 0.349. The Labute approximate surface area is 132 Å². The molecule has 0 unspecified atom stereocenters. The standard InChI is InChI=1S/2C7H14N4/c2*1-5(2)7-8-9-10-11(7)6(3)4/h2*5-6H,1-4H3. The van der Waals surface area contributed by atoms with Crippen molar-refractivity contribution in [2.45, 2.75) is 79.3 Å². The highest BCUT2D eigenvalue weighted by Crippen LogP contribution is 2.13. The summed E-state index contributed by atoms with van der Waals surface area (Å²) in [5, 5.41) is 22.9. The average molecular weight is 308 g/mol. The quantitative estimate of drug-likeness (QED) is 0.863. The van der Waals surface area contributed by atoms with Crippen LogP contribution in [0.2, 0.25) is 0 Å². The molecule has 0 saturated heterocycles. The van der Waals surface area contributed by atoms with E-state index in [0.717, 1.165) is 11.6 Å². The molecule has 0 aliphatic carbocycles. The summed E-state index contributed by atoms with van der Waals surface area (Å²) >= 11 is 0. The lowest BCUT2D eigenvalue weighted by molar-refractivity contribution is 0.483. The zero-order valence-electron chi connectivity index (χ0n) is 14.9. The van der Waals surface area contributed by atoms with Crippen molar-refractivity contribution < 1.29 is 0 Å². The summed E-state index contributed by atoms with van der Waals surface area (Å²) in [6, 6.07) is 0.699. The maximum absolute atomic E-state index is 3.94. The second kappa shape index (κ2) is 7.95. The normalized spacial score (nSPS) is 11.5. The summed E-state index contributed by atoms with van der Waals surface area (Å²) in [4.78, 5) is 0. The van der Waals surface area contributed by atoms with Crippen molar-refractivity contribution in [3.8, 4) is 0 Å². The minimum Gasteiger partial charge on any atom is -0.227 e. The predicted octanol–water partition coefficient (Wildman–Crippen LogP) is 2.75. The van der Waals surface area contributed by atoms with Crippen LogP contribution in [-0.4, -0.2) is 40.4 Å². The molecule has 0 fully saturated rings. The number of hydrogen-bond acceptors (Lipinski definition) is 6. The monoisotopic (exact) mass is 308 g/mol. The Balaban J connectivity index is 0.000000220. The van der Waals surface area contributed by atoms with E-state index < -0.39 is 0 Å². The summed E-state index contributed by atoms with van der Waals surface area (Å²) < 4.78 is 3.70. The maximum Gasteiger partial charge on any atom is 0.154 e. The molecule has 0 spiro atoms. The van der Waals surface area contributed by atoms with Crippen molar-refractivity contribution in [2.24, 2.45) is 0 Å². The fourth-order valence-electron chi connectivity index (χ4n) is 1.90. The maximum atomic E-state index is 3.94. The number of rotatable bonds is 4. The molecule has 0 saturated carbocycles. The van der Waals surface area contributed by atoms with Gasteiger partial charge in [-0.2, -0.15) is 0 Å². The third-order valence-electron chi connectivity index (χ3n) is 3.05. The van der Waals surface area contributed by atoms with Gasteiger partial charge in [0, 0.05) is 11.8 Å². The second-order valence-corrected chi connectivity index (χ2v) is 6.46. The van der Waals surface area contributed by atoms with Crippen molar-refractivity contribution in [3.05, 3.63) is 11.6 Å². The number of aromatic nitrogens is 8. The molecule has 2 heterocycles. The fourth-order valence-corrected chi connectivity index (χ4v) is 1.90. The highest BCUT2D eigenvalue weighted by Gasteiger charge is 2.12. The third-order valence-corrected chi connectivity index (χ3v) is 3.05. The zero-order chi connectivity index (χ0) is 16.9. The van der Waals surface area contributed by atoms with Crippen molar-refractivity contribution in [1.82, 2.24) is 40.4 Å². The van der Waals surface area contributed by atoms with Crippen LogP contribution in [-0.2, 0) is 0 Å². The van der Waals surface area contributed by atoms with Crippen LogP contribution in [0.1, 0.15) is 91.0 Å². The molecule has 124 valence electrons. The fraction of sp³-hybridized carbons (Fsp3) is 0.857. The van der Waals surface area contributed by atoms with Gasteiger partial charge in [0.25, 0.3) is 0 Å². The van der Waals surface area contributed by atoms with E-state index in [-0.39, 0.29) is 0 Å². The van der Waals surface area contributed by atoms with Gasteiger partial charge in [-0.25, -0.2) is 9.36 Å². The van der Waals surface area contributed by atoms with Crippen LogP contribution in [0.25, 0.3) is 0 Å². The Morgan fingerprint density at radius 2 is 0.909 bits per heavy atom. The van der Waals surface area contributed by atoms with E-state index in [4.69, 9.17) is 0 Å². The molecular formula is C14H28N8. The summed E-state index contributed by atoms with van der Waals surface area (Å²) in [5.41, 5.74) is 0. The van der Waals surface area contributed by atoms with E-state index in [1.165, 1.54) is 0 Å². The van der Waals surface area contributed by atoms with Gasteiger partial charge in [-0.1, -0.05) is 27.7 Å². The lowest BCUT2D eigenvalue weighted by Gasteiger charge is -2.08. The molecule has 0 radical (unpaired) electrons. The Morgan fingerprint density at radius 3 is 1.09 bits per heavy atom. The van der Waals surface area contributed by atoms with Crippen LogP contribution in [0.5, 0.6) is 0 Å². The van der Waals surface area contributed by atoms with Gasteiger partial charge in [-0.3, -0.25) is 0 Å². The Morgan fingerprint density at radius 1 is 0.591 bits per heavy atom. The van der Waals surface area contributed by atoms with Crippen LogP contribution in [0.15, 0.2) is 0 Å². The summed E-state index contributed by atoms with van der Waals surface area (Å²) in [7, 11) is 0. The lowest BCUT2D eigenvalue weighted by atomic mass is 10.2. The summed E-state index contributed by atoms with van der Waals surface area (Å²) in [5.74, 6) is 2.71. The van der Waals surface area contributed by atoms with Gasteiger partial charge in [-0.15, -0.1) is 10.2 Å². The zero-order valence-corrected chi connectivity index (χ0v) is 14.9. The Hall–Kier alpha value is -1.86. The van der Waals surface area contributed by atoms with E-state index in [1.54, 1.807) is 0 Å². The Kier molecular flexibility index (Phi) is 6.58. The highest BCUT2D eigenvalue weighted by atomic mass is 15.6. The number of tetrazole rings is 2. The molecule has 0 aliphatic rings. The van der Waals surface area contributed by atoms with Gasteiger partial charge in [0.1, 0.15) is 0 Å². The SMILES string of the molecule is CC(C)c1nnnn1C(C)C.CC(C)c1nnnn1C(C)C. The summed E-state index contributed by atoms with van der Waals surface area (Å²) in [6.07, 6.45) is 0. The predicted molar refractivity (Wildman–Crippen MR) is 84.6 cm³/mol. The molecule has 0 N–H and O–H groups in total. The van der Waals surface area contributed by atoms with Crippen molar-refractivity contribution in [1.29, 1.82) is 0 Å². The molecule has 8 nitrogen and oxygen atoms in total. The first-order valence-corrected chi connectivity index (χ1v) is 7.81. The van der Waals surface area contributed by atoms with Gasteiger partial charge in [0.15, 0.2) is 11.6 Å². The topological polar surface area (TPSA) is 87.2 Å².